The highest BCUT2D eigenvalue weighted by atomic mass is 31.2. The summed E-state index contributed by atoms with van der Waals surface area (Å²) in [6, 6.07) is 5.07. The average molecular weight is 269 g/mol. The Morgan fingerprint density at radius 3 is 2.61 bits per heavy atom. The maximum Gasteiger partial charge on any atom is 0.524 e. The number of aromatic nitrogens is 1. The summed E-state index contributed by atoms with van der Waals surface area (Å²) in [5.41, 5.74) is 2.12. The van der Waals surface area contributed by atoms with Gasteiger partial charge in [-0.3, -0.25) is 9.79 Å². The molecule has 0 atom stereocenters. The summed E-state index contributed by atoms with van der Waals surface area (Å²) in [4.78, 5) is 17.7. The van der Waals surface area contributed by atoms with Gasteiger partial charge < -0.3 is 9.05 Å². The maximum atomic E-state index is 10.9. The minimum atomic E-state index is -4.56. The smallest absolute Gasteiger partial charge is 0.404 e. The third-order valence-electron chi connectivity index (χ3n) is 2.47. The first-order valence-corrected chi connectivity index (χ1v) is 6.67. The van der Waals surface area contributed by atoms with E-state index >= 15 is 0 Å². The van der Waals surface area contributed by atoms with Gasteiger partial charge in [0.2, 0.25) is 0 Å². The number of phosphoric acid groups is 1. The highest BCUT2D eigenvalue weighted by molar-refractivity contribution is 7.46. The number of nitrogens with zero attached hydrogens (tertiary/aromatic N) is 1. The summed E-state index contributed by atoms with van der Waals surface area (Å²) < 4.78 is 20.4. The van der Waals surface area contributed by atoms with Crippen LogP contribution >= 0.6 is 7.82 Å². The third kappa shape index (κ3) is 2.79. The fourth-order valence-corrected chi connectivity index (χ4v) is 2.02. The Labute approximate surface area is 103 Å². The van der Waals surface area contributed by atoms with E-state index < -0.39 is 7.82 Å². The van der Waals surface area contributed by atoms with Crippen LogP contribution in [0.2, 0.25) is 0 Å². The summed E-state index contributed by atoms with van der Waals surface area (Å²) >= 11 is 0. The topological polar surface area (TPSA) is 92.8 Å². The normalized spacial score (nSPS) is 11.6. The molecule has 6 nitrogen and oxygen atoms in total. The molecule has 0 spiro atoms. The highest BCUT2D eigenvalue weighted by Gasteiger charge is 2.18. The van der Waals surface area contributed by atoms with Crippen molar-refractivity contribution >= 4 is 7.82 Å². The maximum absolute atomic E-state index is 10.9. The van der Waals surface area contributed by atoms with Crippen molar-refractivity contribution in [3.63, 3.8) is 0 Å². The molecule has 2 N–H and O–H groups in total. The van der Waals surface area contributed by atoms with Crippen LogP contribution in [-0.4, -0.2) is 14.9 Å². The van der Waals surface area contributed by atoms with Gasteiger partial charge >= 0.3 is 7.82 Å². The first kappa shape index (κ1) is 12.8. The molecular formula is C11H12NO5P. The van der Waals surface area contributed by atoms with Crippen LogP contribution in [0, 0.1) is 13.8 Å². The molecule has 96 valence electrons. The minimum Gasteiger partial charge on any atom is -0.404 e. The van der Waals surface area contributed by atoms with Gasteiger partial charge in [0, 0.05) is 5.56 Å². The van der Waals surface area contributed by atoms with Crippen molar-refractivity contribution in [2.75, 3.05) is 0 Å². The lowest BCUT2D eigenvalue weighted by Crippen LogP contribution is -1.93. The molecule has 0 fully saturated rings. The summed E-state index contributed by atoms with van der Waals surface area (Å²) in [5.74, 6) is 0.766. The first-order chi connectivity index (χ1) is 8.37. The van der Waals surface area contributed by atoms with Gasteiger partial charge in [-0.1, -0.05) is 17.3 Å². The molecular weight excluding hydrogens is 257 g/mol. The molecule has 0 radical (unpaired) electrons. The Kier molecular flexibility index (Phi) is 3.26. The van der Waals surface area contributed by atoms with Crippen LogP contribution in [0.25, 0.3) is 11.1 Å². The summed E-state index contributed by atoms with van der Waals surface area (Å²) in [6.07, 6.45) is 1.54. The number of rotatable bonds is 3. The Morgan fingerprint density at radius 2 is 2.06 bits per heavy atom. The van der Waals surface area contributed by atoms with Crippen LogP contribution in [0.4, 0.5) is 0 Å². The zero-order valence-electron chi connectivity index (χ0n) is 9.82. The average Bonchev–Trinajstić information content (AvgIpc) is 2.66. The van der Waals surface area contributed by atoms with Crippen LogP contribution in [0.3, 0.4) is 0 Å². The lowest BCUT2D eigenvalue weighted by molar-refractivity contribution is 0.282. The Balaban J connectivity index is 2.44. The van der Waals surface area contributed by atoms with Crippen LogP contribution in [-0.2, 0) is 4.57 Å². The molecule has 1 aromatic carbocycles. The van der Waals surface area contributed by atoms with Crippen LogP contribution in [0.15, 0.2) is 28.9 Å². The van der Waals surface area contributed by atoms with E-state index in [4.69, 9.17) is 14.3 Å². The van der Waals surface area contributed by atoms with Gasteiger partial charge in [-0.2, -0.15) is 0 Å². The second kappa shape index (κ2) is 4.57. The number of hydrogen-bond donors (Lipinski definition) is 2. The van der Waals surface area contributed by atoms with E-state index in [9.17, 15) is 4.57 Å². The molecule has 0 saturated carbocycles. The third-order valence-corrected chi connectivity index (χ3v) is 2.90. The van der Waals surface area contributed by atoms with Crippen molar-refractivity contribution in [2.45, 2.75) is 13.8 Å². The van der Waals surface area contributed by atoms with Crippen molar-refractivity contribution in [1.82, 2.24) is 5.16 Å². The summed E-state index contributed by atoms with van der Waals surface area (Å²) in [5, 5.41) is 3.66. The Morgan fingerprint density at radius 1 is 1.33 bits per heavy atom. The standard InChI is InChI=1S/C11H12NO5P/c1-7-3-4-9(10-6-12-16-8(10)2)5-11(7)17-18(13,14)15/h3-6H,1-2H3,(H2,13,14,15). The zero-order chi connectivity index (χ0) is 13.3. The molecule has 7 heteroatoms. The number of aryl methyl sites for hydroxylation is 2. The van der Waals surface area contributed by atoms with Gasteiger partial charge in [0.05, 0.1) is 6.20 Å². The van der Waals surface area contributed by atoms with Crippen molar-refractivity contribution in [3.8, 4) is 16.9 Å². The van der Waals surface area contributed by atoms with E-state index in [-0.39, 0.29) is 5.75 Å². The number of hydrogen-bond acceptors (Lipinski definition) is 4. The number of benzene rings is 1. The molecule has 0 aliphatic carbocycles. The molecule has 0 amide bonds. The Bertz CT molecular complexity index is 616. The van der Waals surface area contributed by atoms with Crippen molar-refractivity contribution in [3.05, 3.63) is 35.7 Å². The van der Waals surface area contributed by atoms with E-state index in [2.05, 4.69) is 9.68 Å². The van der Waals surface area contributed by atoms with Gasteiger partial charge in [-0.25, -0.2) is 4.57 Å². The molecule has 0 unspecified atom stereocenters. The molecule has 0 saturated heterocycles. The summed E-state index contributed by atoms with van der Waals surface area (Å²) in [6.45, 7) is 3.46. The molecule has 18 heavy (non-hydrogen) atoms. The fraction of sp³-hybridized carbons (Fsp3) is 0.182. The molecule has 2 rings (SSSR count). The van der Waals surface area contributed by atoms with Crippen LogP contribution in [0.1, 0.15) is 11.3 Å². The molecule has 1 aromatic heterocycles. The van der Waals surface area contributed by atoms with Gasteiger partial charge in [0.15, 0.2) is 0 Å². The van der Waals surface area contributed by atoms with E-state index in [1.165, 1.54) is 0 Å². The van der Waals surface area contributed by atoms with Crippen molar-refractivity contribution < 1.29 is 23.4 Å². The van der Waals surface area contributed by atoms with E-state index in [1.807, 2.05) is 0 Å². The second-order valence-corrected chi connectivity index (χ2v) is 5.02. The minimum absolute atomic E-state index is 0.140. The van der Waals surface area contributed by atoms with Gasteiger partial charge in [-0.15, -0.1) is 0 Å². The molecule has 0 aliphatic heterocycles. The highest BCUT2D eigenvalue weighted by Crippen LogP contribution is 2.40. The van der Waals surface area contributed by atoms with Gasteiger partial charge in [-0.05, 0) is 31.0 Å². The molecule has 2 aromatic rings. The van der Waals surface area contributed by atoms with E-state index in [0.717, 1.165) is 11.1 Å². The van der Waals surface area contributed by atoms with E-state index in [0.29, 0.717) is 11.3 Å². The van der Waals surface area contributed by atoms with Gasteiger partial charge in [0.25, 0.3) is 0 Å². The number of phosphoric ester groups is 1. The summed E-state index contributed by atoms with van der Waals surface area (Å²) in [7, 11) is -4.56. The van der Waals surface area contributed by atoms with Gasteiger partial charge in [0.1, 0.15) is 11.5 Å². The lowest BCUT2D eigenvalue weighted by Gasteiger charge is -2.10. The van der Waals surface area contributed by atoms with E-state index in [1.54, 1.807) is 38.2 Å². The predicted molar refractivity (Wildman–Crippen MR) is 64.1 cm³/mol. The second-order valence-electron chi connectivity index (χ2n) is 3.86. The predicted octanol–water partition coefficient (Wildman–Crippen LogP) is 2.43. The van der Waals surface area contributed by atoms with Crippen molar-refractivity contribution in [2.24, 2.45) is 0 Å². The molecule has 0 aliphatic rings. The quantitative estimate of drug-likeness (QED) is 0.831. The largest absolute Gasteiger partial charge is 0.524 e. The fourth-order valence-electron chi connectivity index (χ4n) is 1.57. The Hall–Kier alpha value is -1.62. The first-order valence-electron chi connectivity index (χ1n) is 5.14. The lowest BCUT2D eigenvalue weighted by atomic mass is 10.1. The van der Waals surface area contributed by atoms with Crippen LogP contribution < -0.4 is 4.52 Å². The SMILES string of the molecule is Cc1ccc(-c2cnoc2C)cc1OP(=O)(O)O. The monoisotopic (exact) mass is 269 g/mol. The zero-order valence-corrected chi connectivity index (χ0v) is 10.7. The molecule has 0 bridgehead atoms. The van der Waals surface area contributed by atoms with Crippen molar-refractivity contribution in [1.29, 1.82) is 0 Å². The molecule has 1 heterocycles. The van der Waals surface area contributed by atoms with Crippen LogP contribution in [0.5, 0.6) is 5.75 Å².